The van der Waals surface area contributed by atoms with E-state index in [1.807, 2.05) is 13.8 Å². The van der Waals surface area contributed by atoms with E-state index in [4.69, 9.17) is 17.0 Å². The van der Waals surface area contributed by atoms with Crippen LogP contribution in [-0.2, 0) is 17.9 Å². The Morgan fingerprint density at radius 1 is 1.44 bits per heavy atom. The third kappa shape index (κ3) is 2.80. The minimum absolute atomic E-state index is 0.418. The number of aromatic nitrogens is 5. The van der Waals surface area contributed by atoms with Crippen molar-refractivity contribution in [3.63, 3.8) is 0 Å². The van der Waals surface area contributed by atoms with Crippen LogP contribution in [0.25, 0.3) is 11.4 Å². The second-order valence-electron chi connectivity index (χ2n) is 3.65. The zero-order valence-electron chi connectivity index (χ0n) is 10.4. The number of nitrogens with zero attached hydrogens (tertiary/aromatic N) is 4. The fraction of sp³-hybridized carbons (Fsp3) is 0.455. The van der Waals surface area contributed by atoms with Crippen LogP contribution in [0.4, 0.5) is 0 Å². The van der Waals surface area contributed by atoms with Crippen LogP contribution in [0.3, 0.4) is 0 Å². The molecule has 0 aromatic carbocycles. The molecule has 0 amide bonds. The molecule has 6 nitrogen and oxygen atoms in total. The summed E-state index contributed by atoms with van der Waals surface area (Å²) in [5, 5.41) is 7.89. The van der Waals surface area contributed by atoms with Gasteiger partial charge in [0.25, 0.3) is 0 Å². The molecule has 0 saturated heterocycles. The van der Waals surface area contributed by atoms with Gasteiger partial charge in [0.15, 0.2) is 0 Å². The minimum atomic E-state index is 0.418. The van der Waals surface area contributed by atoms with Crippen LogP contribution in [-0.4, -0.2) is 31.6 Å². The molecule has 0 fully saturated rings. The third-order valence-electron chi connectivity index (χ3n) is 2.43. The molecule has 2 rings (SSSR count). The molecule has 0 radical (unpaired) electrons. The van der Waals surface area contributed by atoms with Crippen molar-refractivity contribution in [2.75, 3.05) is 6.61 Å². The second kappa shape index (κ2) is 5.83. The Kier molecular flexibility index (Phi) is 4.16. The van der Waals surface area contributed by atoms with Gasteiger partial charge in [-0.05, 0) is 13.8 Å². The fourth-order valence-corrected chi connectivity index (χ4v) is 1.84. The lowest BCUT2D eigenvalue weighted by molar-refractivity contribution is 0.128. The zero-order chi connectivity index (χ0) is 13.0. The predicted molar refractivity (Wildman–Crippen MR) is 69.4 cm³/mol. The Labute approximate surface area is 110 Å². The Bertz CT molecular complexity index is 577. The SMILES string of the molecule is CCOCc1nc(=S)cc(-c2cnnn2CC)[nH]1. The van der Waals surface area contributed by atoms with E-state index in [2.05, 4.69) is 20.3 Å². The molecule has 0 saturated carbocycles. The summed E-state index contributed by atoms with van der Waals surface area (Å²) in [7, 11) is 0. The van der Waals surface area contributed by atoms with E-state index in [1.54, 1.807) is 16.9 Å². The van der Waals surface area contributed by atoms with Crippen molar-refractivity contribution in [2.45, 2.75) is 27.0 Å². The van der Waals surface area contributed by atoms with Crippen LogP contribution < -0.4 is 0 Å². The van der Waals surface area contributed by atoms with Gasteiger partial charge in [-0.1, -0.05) is 17.4 Å². The van der Waals surface area contributed by atoms with Crippen molar-refractivity contribution in [3.05, 3.63) is 22.7 Å². The Balaban J connectivity index is 2.39. The first-order valence-corrected chi connectivity index (χ1v) is 6.22. The second-order valence-corrected chi connectivity index (χ2v) is 4.07. The highest BCUT2D eigenvalue weighted by Crippen LogP contribution is 2.15. The maximum atomic E-state index is 5.33. The summed E-state index contributed by atoms with van der Waals surface area (Å²) in [5.74, 6) is 0.711. The van der Waals surface area contributed by atoms with Crippen molar-refractivity contribution < 1.29 is 4.74 Å². The molecular formula is C11H15N5OS. The van der Waals surface area contributed by atoms with Crippen LogP contribution in [0.15, 0.2) is 12.3 Å². The number of nitrogens with one attached hydrogen (secondary N) is 1. The highest BCUT2D eigenvalue weighted by Gasteiger charge is 2.07. The predicted octanol–water partition coefficient (Wildman–Crippen LogP) is 1.95. The van der Waals surface area contributed by atoms with E-state index in [0.29, 0.717) is 23.7 Å². The fourth-order valence-electron chi connectivity index (χ4n) is 1.61. The molecular weight excluding hydrogens is 250 g/mol. The Morgan fingerprint density at radius 2 is 2.28 bits per heavy atom. The lowest BCUT2D eigenvalue weighted by Gasteiger charge is -2.06. The van der Waals surface area contributed by atoms with Crippen LogP contribution in [0.5, 0.6) is 0 Å². The molecule has 0 spiro atoms. The summed E-state index contributed by atoms with van der Waals surface area (Å²) in [6.45, 7) is 5.76. The van der Waals surface area contributed by atoms with Gasteiger partial charge in [0.1, 0.15) is 22.8 Å². The van der Waals surface area contributed by atoms with Crippen LogP contribution in [0.1, 0.15) is 19.7 Å². The monoisotopic (exact) mass is 265 g/mol. The summed E-state index contributed by atoms with van der Waals surface area (Å²) in [6.07, 6.45) is 1.70. The van der Waals surface area contributed by atoms with Crippen LogP contribution in [0, 0.1) is 4.64 Å². The summed E-state index contributed by atoms with van der Waals surface area (Å²) < 4.78 is 7.65. The number of aromatic amines is 1. The molecule has 2 heterocycles. The van der Waals surface area contributed by atoms with E-state index in [1.165, 1.54) is 0 Å². The molecule has 96 valence electrons. The smallest absolute Gasteiger partial charge is 0.134 e. The van der Waals surface area contributed by atoms with Gasteiger partial charge in [0, 0.05) is 19.2 Å². The van der Waals surface area contributed by atoms with E-state index >= 15 is 0 Å². The number of rotatable bonds is 5. The Hall–Kier alpha value is -1.60. The quantitative estimate of drug-likeness (QED) is 0.837. The van der Waals surface area contributed by atoms with Crippen molar-refractivity contribution in [3.8, 4) is 11.4 Å². The van der Waals surface area contributed by atoms with Gasteiger partial charge >= 0.3 is 0 Å². The number of hydrogen-bond donors (Lipinski definition) is 1. The van der Waals surface area contributed by atoms with Gasteiger partial charge in [-0.3, -0.25) is 0 Å². The standard InChI is InChI=1S/C11H15N5OS/c1-3-16-9(6-12-15-16)8-5-11(18)14-10(13-8)7-17-4-2/h5-6H,3-4,7H2,1-2H3,(H,13,14,18). The van der Waals surface area contributed by atoms with Crippen molar-refractivity contribution in [1.29, 1.82) is 0 Å². The number of hydrogen-bond acceptors (Lipinski definition) is 5. The van der Waals surface area contributed by atoms with E-state index in [9.17, 15) is 0 Å². The summed E-state index contributed by atoms with van der Waals surface area (Å²) in [5.41, 5.74) is 1.75. The molecule has 0 aliphatic rings. The first kappa shape index (κ1) is 12.8. The van der Waals surface area contributed by atoms with E-state index in [0.717, 1.165) is 17.9 Å². The summed E-state index contributed by atoms with van der Waals surface area (Å²) >= 11 is 5.15. The third-order valence-corrected chi connectivity index (χ3v) is 2.64. The first-order chi connectivity index (χ1) is 8.74. The normalized spacial score (nSPS) is 10.8. The first-order valence-electron chi connectivity index (χ1n) is 5.81. The largest absolute Gasteiger partial charge is 0.374 e. The highest BCUT2D eigenvalue weighted by molar-refractivity contribution is 7.71. The molecule has 18 heavy (non-hydrogen) atoms. The van der Waals surface area contributed by atoms with Gasteiger partial charge in [0.05, 0.1) is 11.9 Å². The van der Waals surface area contributed by atoms with Crippen molar-refractivity contribution in [2.24, 2.45) is 0 Å². The Morgan fingerprint density at radius 3 is 3.00 bits per heavy atom. The number of H-pyrrole nitrogens is 1. The summed E-state index contributed by atoms with van der Waals surface area (Å²) in [6, 6.07) is 1.80. The molecule has 2 aromatic heterocycles. The molecule has 0 aliphatic carbocycles. The molecule has 0 unspecified atom stereocenters. The molecule has 0 atom stereocenters. The number of aryl methyl sites for hydroxylation is 1. The van der Waals surface area contributed by atoms with E-state index in [-0.39, 0.29) is 0 Å². The van der Waals surface area contributed by atoms with Crippen molar-refractivity contribution >= 4 is 12.2 Å². The van der Waals surface area contributed by atoms with Gasteiger partial charge in [-0.15, -0.1) is 5.10 Å². The zero-order valence-corrected chi connectivity index (χ0v) is 11.2. The van der Waals surface area contributed by atoms with Crippen LogP contribution in [0.2, 0.25) is 0 Å². The average Bonchev–Trinajstić information content (AvgIpc) is 2.84. The average molecular weight is 265 g/mol. The molecule has 0 aliphatic heterocycles. The van der Waals surface area contributed by atoms with Gasteiger partial charge < -0.3 is 9.72 Å². The highest BCUT2D eigenvalue weighted by atomic mass is 32.1. The van der Waals surface area contributed by atoms with Crippen LogP contribution >= 0.6 is 12.2 Å². The molecule has 0 bridgehead atoms. The van der Waals surface area contributed by atoms with E-state index < -0.39 is 0 Å². The molecule has 7 heteroatoms. The number of ether oxygens (including phenoxy) is 1. The van der Waals surface area contributed by atoms with Crippen molar-refractivity contribution in [1.82, 2.24) is 25.0 Å². The van der Waals surface area contributed by atoms with Gasteiger partial charge in [-0.2, -0.15) is 0 Å². The van der Waals surface area contributed by atoms with Gasteiger partial charge in [0.2, 0.25) is 0 Å². The van der Waals surface area contributed by atoms with Gasteiger partial charge in [-0.25, -0.2) is 9.67 Å². The lowest BCUT2D eigenvalue weighted by atomic mass is 10.3. The molecule has 2 aromatic rings. The lowest BCUT2D eigenvalue weighted by Crippen LogP contribution is -2.04. The molecule has 1 N–H and O–H groups in total. The minimum Gasteiger partial charge on any atom is -0.374 e. The maximum Gasteiger partial charge on any atom is 0.134 e. The topological polar surface area (TPSA) is 68.6 Å². The maximum absolute atomic E-state index is 5.33. The summed E-state index contributed by atoms with van der Waals surface area (Å²) in [4.78, 5) is 7.41.